The number of carbonyl (C=O) groups excluding carboxylic acids is 1. The Morgan fingerprint density at radius 3 is 1.81 bits per heavy atom. The van der Waals surface area contributed by atoms with E-state index in [0.717, 1.165) is 29.3 Å². The number of phenols is 1. The molecule has 0 saturated heterocycles. The van der Waals surface area contributed by atoms with Crippen molar-refractivity contribution in [3.63, 3.8) is 0 Å². The fourth-order valence-corrected chi connectivity index (χ4v) is 7.65. The lowest BCUT2D eigenvalue weighted by atomic mass is 10.1. The second-order valence-corrected chi connectivity index (χ2v) is 17.3. The molecule has 1 atom stereocenters. The van der Waals surface area contributed by atoms with Crippen LogP contribution in [-0.4, -0.2) is 105 Å². The quantitative estimate of drug-likeness (QED) is 0.0478. The van der Waals surface area contributed by atoms with E-state index in [1.807, 2.05) is 0 Å². The van der Waals surface area contributed by atoms with Crippen LogP contribution in [0.5, 0.6) is 23.0 Å². The minimum absolute atomic E-state index is 0.00432. The third-order valence-corrected chi connectivity index (χ3v) is 11.4. The molecule has 0 saturated carbocycles. The maximum Gasteiger partial charge on any atom is 0.298 e. The molecule has 6 N–H and O–H groups in total. The second-order valence-electron chi connectivity index (χ2n) is 13.1. The number of hydrogen-bond donors (Lipinski definition) is 6. The van der Waals surface area contributed by atoms with E-state index in [2.05, 4.69) is 35.8 Å². The lowest BCUT2D eigenvalue weighted by Crippen LogP contribution is -2.29. The molecule has 5 aromatic rings. The van der Waals surface area contributed by atoms with Gasteiger partial charge < -0.3 is 29.5 Å². The SMILES string of the molecule is COc1ccc(/N=N/c2cc(OCCO)c(/N=N/c3c(S(=O)(=O)O)cc4cc(/N=N/C5C(=O)N(c6ccc(S(=O)(=O)O)cc6)N=C5C)ccc4c3O)cc2OCCO)cc1S(=O)(=O)O. The van der Waals surface area contributed by atoms with Crippen LogP contribution >= 0.6 is 0 Å². The predicted molar refractivity (Wildman–Crippen MR) is 223 cm³/mol. The molecule has 5 aromatic carbocycles. The van der Waals surface area contributed by atoms with E-state index in [1.165, 1.54) is 68.6 Å². The number of aliphatic hydroxyl groups excluding tert-OH is 2. The summed E-state index contributed by atoms with van der Waals surface area (Å²) in [5.41, 5.74) is -0.606. The van der Waals surface area contributed by atoms with Crippen molar-refractivity contribution < 1.29 is 73.2 Å². The van der Waals surface area contributed by atoms with Crippen molar-refractivity contribution in [1.29, 1.82) is 0 Å². The van der Waals surface area contributed by atoms with Gasteiger partial charge in [-0.3, -0.25) is 18.5 Å². The molecule has 0 aliphatic carbocycles. The molecule has 0 radical (unpaired) electrons. The summed E-state index contributed by atoms with van der Waals surface area (Å²) in [6.07, 6.45) is 0. The minimum atomic E-state index is -5.14. The summed E-state index contributed by atoms with van der Waals surface area (Å²) in [5.74, 6) is -1.85. The van der Waals surface area contributed by atoms with Gasteiger partial charge in [-0.05, 0) is 79.0 Å². The topological polar surface area (TPSA) is 358 Å². The standard InChI is InChI=1S/C37H34N8O16S3/c1-20-34(37(49)45(44-20)24-5-7-25(8-6-24)62(50,51)52)42-39-22-3-9-26-21(15-22)16-33(64(56,57)58)35(36(26)48)43-41-28-19-30(60-13-11-46)27(18-31(28)61-14-12-47)40-38-23-4-10-29(59-2)32(17-23)63(53,54)55/h3-10,15-19,34,46-48H,11-14H2,1-2H3,(H,50,51,52)(H,53,54,55)(H,56,57,58)/b40-38+,42-39+,43-41+. The van der Waals surface area contributed by atoms with Crippen molar-refractivity contribution in [1.82, 2.24) is 0 Å². The van der Waals surface area contributed by atoms with Gasteiger partial charge in [0.15, 0.2) is 11.8 Å². The Balaban J connectivity index is 1.34. The number of aromatic hydroxyl groups is 1. The van der Waals surface area contributed by atoms with E-state index in [4.69, 9.17) is 14.2 Å². The number of benzene rings is 5. The van der Waals surface area contributed by atoms with Crippen LogP contribution < -0.4 is 19.2 Å². The molecule has 1 heterocycles. The highest BCUT2D eigenvalue weighted by molar-refractivity contribution is 7.86. The molecule has 1 amide bonds. The number of nitrogens with zero attached hydrogens (tertiary/aromatic N) is 8. The first-order valence-electron chi connectivity index (χ1n) is 18.0. The van der Waals surface area contributed by atoms with Crippen LogP contribution in [0, 0.1) is 0 Å². The van der Waals surface area contributed by atoms with Gasteiger partial charge in [0.25, 0.3) is 36.3 Å². The smallest absolute Gasteiger partial charge is 0.298 e. The zero-order valence-corrected chi connectivity index (χ0v) is 35.4. The number of hydrazone groups is 1. The number of azo groups is 3. The summed E-state index contributed by atoms with van der Waals surface area (Å²) < 4.78 is 117. The highest BCUT2D eigenvalue weighted by atomic mass is 32.2. The van der Waals surface area contributed by atoms with Crippen LogP contribution in [0.2, 0.25) is 0 Å². The Hall–Kier alpha value is -6.85. The minimum Gasteiger partial charge on any atom is -0.505 e. The fourth-order valence-electron chi connectivity index (χ4n) is 5.83. The summed E-state index contributed by atoms with van der Waals surface area (Å²) in [6, 6.07) is 14.3. The molecular formula is C37H34N8O16S3. The molecule has 1 aliphatic heterocycles. The van der Waals surface area contributed by atoms with Crippen molar-refractivity contribution in [3.05, 3.63) is 78.9 Å². The number of carbonyl (C=O) groups is 1. The van der Waals surface area contributed by atoms with Gasteiger partial charge in [-0.25, -0.2) is 0 Å². The van der Waals surface area contributed by atoms with Gasteiger partial charge in [0.05, 0.1) is 48.0 Å². The predicted octanol–water partition coefficient (Wildman–Crippen LogP) is 5.74. The lowest BCUT2D eigenvalue weighted by molar-refractivity contribution is -0.117. The number of rotatable bonds is 17. The summed E-state index contributed by atoms with van der Waals surface area (Å²) >= 11 is 0. The maximum atomic E-state index is 13.2. The molecule has 0 bridgehead atoms. The molecule has 64 heavy (non-hydrogen) atoms. The van der Waals surface area contributed by atoms with Crippen LogP contribution in [0.4, 0.5) is 34.1 Å². The average Bonchev–Trinajstić information content (AvgIpc) is 3.53. The molecule has 0 fully saturated rings. The molecule has 6 rings (SSSR count). The zero-order valence-electron chi connectivity index (χ0n) is 33.0. The Morgan fingerprint density at radius 2 is 1.25 bits per heavy atom. The van der Waals surface area contributed by atoms with Crippen LogP contribution in [0.25, 0.3) is 10.8 Å². The van der Waals surface area contributed by atoms with E-state index in [9.17, 15) is 59.0 Å². The number of amides is 1. The van der Waals surface area contributed by atoms with Crippen LogP contribution in [0.15, 0.2) is 129 Å². The number of phenolic OH excluding ortho intramolecular Hbond substituents is 1. The Bertz CT molecular complexity index is 3110. The van der Waals surface area contributed by atoms with E-state index in [0.29, 0.717) is 0 Å². The normalized spacial score (nSPS) is 14.9. The van der Waals surface area contributed by atoms with Crippen LogP contribution in [0.1, 0.15) is 6.92 Å². The monoisotopic (exact) mass is 942 g/mol. The highest BCUT2D eigenvalue weighted by Gasteiger charge is 2.35. The largest absolute Gasteiger partial charge is 0.505 e. The zero-order chi connectivity index (χ0) is 46.6. The fraction of sp³-hybridized carbons (Fsp3) is 0.189. The summed E-state index contributed by atoms with van der Waals surface area (Å²) in [6.45, 7) is -0.0518. The first-order chi connectivity index (χ1) is 30.2. The number of fused-ring (bicyclic) bond motifs is 1. The molecule has 24 nitrogen and oxygen atoms in total. The molecule has 0 aromatic heterocycles. The molecule has 1 aliphatic rings. The molecule has 27 heteroatoms. The number of aliphatic hydroxyl groups is 2. The Kier molecular flexibility index (Phi) is 13.7. The van der Waals surface area contributed by atoms with Crippen molar-refractivity contribution in [2.75, 3.05) is 38.5 Å². The number of hydrogen-bond acceptors (Lipinski definition) is 20. The van der Waals surface area contributed by atoms with Gasteiger partial charge in [0, 0.05) is 17.5 Å². The van der Waals surface area contributed by atoms with Crippen LogP contribution in [-0.2, 0) is 35.1 Å². The number of methoxy groups -OCH3 is 1. The van der Waals surface area contributed by atoms with Gasteiger partial charge in [0.2, 0.25) is 0 Å². The average molecular weight is 943 g/mol. The summed E-state index contributed by atoms with van der Waals surface area (Å²) in [7, 11) is -13.2. The second kappa shape index (κ2) is 18.9. The first kappa shape index (κ1) is 46.6. The number of anilines is 1. The highest BCUT2D eigenvalue weighted by Crippen LogP contribution is 2.45. The van der Waals surface area contributed by atoms with Gasteiger partial charge >= 0.3 is 0 Å². The molecule has 0 spiro atoms. The Labute approximate surface area is 362 Å². The molecule has 336 valence electrons. The summed E-state index contributed by atoms with van der Waals surface area (Å²) in [4.78, 5) is 11.3. The van der Waals surface area contributed by atoms with Crippen molar-refractivity contribution in [2.24, 2.45) is 35.8 Å². The maximum absolute atomic E-state index is 13.2. The van der Waals surface area contributed by atoms with E-state index in [1.54, 1.807) is 0 Å². The van der Waals surface area contributed by atoms with Crippen molar-refractivity contribution >= 4 is 86.9 Å². The van der Waals surface area contributed by atoms with Gasteiger partial charge in [-0.1, -0.05) is 0 Å². The number of ether oxygens (including phenoxy) is 3. The third-order valence-electron chi connectivity index (χ3n) is 8.77. The van der Waals surface area contributed by atoms with Crippen molar-refractivity contribution in [2.45, 2.75) is 27.7 Å². The van der Waals surface area contributed by atoms with Gasteiger partial charge in [0.1, 0.15) is 57.3 Å². The van der Waals surface area contributed by atoms with Gasteiger partial charge in [-0.15, -0.1) is 15.3 Å². The molecular weight excluding hydrogens is 909 g/mol. The first-order valence-corrected chi connectivity index (χ1v) is 22.3. The lowest BCUT2D eigenvalue weighted by Gasteiger charge is -2.13. The third kappa shape index (κ3) is 10.5. The summed E-state index contributed by atoms with van der Waals surface area (Å²) in [5, 5.41) is 59.7. The van der Waals surface area contributed by atoms with Crippen molar-refractivity contribution in [3.8, 4) is 23.0 Å². The van der Waals surface area contributed by atoms with Gasteiger partial charge in [-0.2, -0.15) is 50.7 Å². The van der Waals surface area contributed by atoms with Crippen LogP contribution in [0.3, 0.4) is 0 Å². The van der Waals surface area contributed by atoms with E-state index >= 15 is 0 Å². The Morgan fingerprint density at radius 1 is 0.672 bits per heavy atom. The van der Waals surface area contributed by atoms with E-state index in [-0.39, 0.29) is 75.4 Å². The molecule has 1 unspecified atom stereocenters. The van der Waals surface area contributed by atoms with E-state index < -0.39 is 81.6 Å².